The van der Waals surface area contributed by atoms with Crippen molar-refractivity contribution >= 4 is 38.9 Å². The lowest BCUT2D eigenvalue weighted by Crippen LogP contribution is -2.13. The van der Waals surface area contributed by atoms with Crippen LogP contribution in [0.1, 0.15) is 0 Å². The summed E-state index contributed by atoms with van der Waals surface area (Å²) >= 11 is 11.8. The molecule has 0 aliphatic carbocycles. The molecule has 2 aromatic carbocycles. The highest BCUT2D eigenvalue weighted by atomic mass is 35.5. The van der Waals surface area contributed by atoms with Gasteiger partial charge in [-0.15, -0.1) is 5.10 Å². The van der Waals surface area contributed by atoms with E-state index < -0.39 is 10.0 Å². The van der Waals surface area contributed by atoms with Crippen LogP contribution in [0.25, 0.3) is 5.69 Å². The van der Waals surface area contributed by atoms with Crippen molar-refractivity contribution < 1.29 is 8.42 Å². The molecule has 3 rings (SSSR count). The van der Waals surface area contributed by atoms with Crippen LogP contribution >= 0.6 is 23.2 Å². The lowest BCUT2D eigenvalue weighted by atomic mass is 10.3. The van der Waals surface area contributed by atoms with Gasteiger partial charge in [-0.2, -0.15) is 0 Å². The third-order valence-electron chi connectivity index (χ3n) is 2.94. The first kappa shape index (κ1) is 15.7. The Bertz CT molecular complexity index is 928. The number of sulfonamides is 1. The smallest absolute Gasteiger partial charge is 0.263 e. The molecule has 0 fully saturated rings. The van der Waals surface area contributed by atoms with Crippen molar-refractivity contribution in [2.24, 2.45) is 0 Å². The number of halogens is 2. The maximum Gasteiger partial charge on any atom is 0.263 e. The predicted molar refractivity (Wildman–Crippen MR) is 86.4 cm³/mol. The minimum atomic E-state index is -3.85. The SMILES string of the molecule is O=S(=O)(Nc1ccc(-n2cnnn2)cc1)c1cccc(Cl)c1Cl. The summed E-state index contributed by atoms with van der Waals surface area (Å²) in [5.41, 5.74) is 1.07. The van der Waals surface area contributed by atoms with Crippen LogP contribution in [0.3, 0.4) is 0 Å². The Labute approximate surface area is 141 Å². The van der Waals surface area contributed by atoms with E-state index in [9.17, 15) is 8.42 Å². The molecule has 0 radical (unpaired) electrons. The number of hydrogen-bond donors (Lipinski definition) is 1. The Morgan fingerprint density at radius 1 is 1.04 bits per heavy atom. The Morgan fingerprint density at radius 3 is 2.43 bits per heavy atom. The topological polar surface area (TPSA) is 89.8 Å². The fourth-order valence-corrected chi connectivity index (χ4v) is 3.68. The number of rotatable bonds is 4. The van der Waals surface area contributed by atoms with Crippen LogP contribution in [-0.4, -0.2) is 28.6 Å². The quantitative estimate of drug-likeness (QED) is 0.763. The van der Waals surface area contributed by atoms with Gasteiger partial charge in [0.2, 0.25) is 0 Å². The molecule has 0 aliphatic heterocycles. The van der Waals surface area contributed by atoms with Crippen LogP contribution in [0.4, 0.5) is 5.69 Å². The van der Waals surface area contributed by atoms with Gasteiger partial charge in [-0.1, -0.05) is 29.3 Å². The molecule has 0 bridgehead atoms. The zero-order valence-electron chi connectivity index (χ0n) is 11.4. The lowest BCUT2D eigenvalue weighted by molar-refractivity contribution is 0.601. The zero-order valence-corrected chi connectivity index (χ0v) is 13.7. The second-order valence-corrected chi connectivity index (χ2v) is 6.89. The fourth-order valence-electron chi connectivity index (χ4n) is 1.86. The number of hydrogen-bond acceptors (Lipinski definition) is 5. The standard InChI is InChI=1S/C13H9Cl2N5O2S/c14-11-2-1-3-12(13(11)15)23(21,22)17-9-4-6-10(7-5-9)20-8-16-18-19-20/h1-8,17H. The summed E-state index contributed by atoms with van der Waals surface area (Å²) in [7, 11) is -3.85. The molecule has 1 N–H and O–H groups in total. The van der Waals surface area contributed by atoms with Crippen LogP contribution in [0, 0.1) is 0 Å². The summed E-state index contributed by atoms with van der Waals surface area (Å²) in [5.74, 6) is 0. The minimum Gasteiger partial charge on any atom is -0.280 e. The second kappa shape index (κ2) is 6.15. The van der Waals surface area contributed by atoms with Gasteiger partial charge in [0.05, 0.1) is 15.7 Å². The molecule has 10 heteroatoms. The van der Waals surface area contributed by atoms with Crippen molar-refractivity contribution in [3.05, 3.63) is 58.8 Å². The summed E-state index contributed by atoms with van der Waals surface area (Å²) in [6.45, 7) is 0. The van der Waals surface area contributed by atoms with Crippen molar-refractivity contribution in [2.45, 2.75) is 4.90 Å². The molecule has 0 unspecified atom stereocenters. The largest absolute Gasteiger partial charge is 0.280 e. The van der Waals surface area contributed by atoms with Gasteiger partial charge in [0.15, 0.2) is 0 Å². The van der Waals surface area contributed by atoms with E-state index in [1.165, 1.54) is 29.2 Å². The molecule has 0 saturated heterocycles. The average molecular weight is 370 g/mol. The van der Waals surface area contributed by atoms with Gasteiger partial charge in [0.1, 0.15) is 11.2 Å². The van der Waals surface area contributed by atoms with E-state index in [-0.39, 0.29) is 14.9 Å². The van der Waals surface area contributed by atoms with Crippen molar-refractivity contribution in [3.63, 3.8) is 0 Å². The van der Waals surface area contributed by atoms with Crippen molar-refractivity contribution in [3.8, 4) is 5.69 Å². The maximum absolute atomic E-state index is 12.4. The van der Waals surface area contributed by atoms with Crippen molar-refractivity contribution in [1.29, 1.82) is 0 Å². The highest BCUT2D eigenvalue weighted by molar-refractivity contribution is 7.92. The van der Waals surface area contributed by atoms with E-state index >= 15 is 0 Å². The first-order chi connectivity index (χ1) is 11.0. The van der Waals surface area contributed by atoms with Crippen LogP contribution in [0.5, 0.6) is 0 Å². The third kappa shape index (κ3) is 3.29. The highest BCUT2D eigenvalue weighted by Crippen LogP contribution is 2.30. The van der Waals surface area contributed by atoms with Crippen molar-refractivity contribution in [1.82, 2.24) is 20.2 Å². The molecular weight excluding hydrogens is 361 g/mol. The number of tetrazole rings is 1. The number of aromatic nitrogens is 4. The van der Waals surface area contributed by atoms with E-state index in [0.29, 0.717) is 11.4 Å². The van der Waals surface area contributed by atoms with Crippen LogP contribution in [0.2, 0.25) is 10.0 Å². The normalized spacial score (nSPS) is 11.4. The maximum atomic E-state index is 12.4. The average Bonchev–Trinajstić information content (AvgIpc) is 3.04. The van der Waals surface area contributed by atoms with E-state index in [2.05, 4.69) is 20.2 Å². The lowest BCUT2D eigenvalue weighted by Gasteiger charge is -2.10. The summed E-state index contributed by atoms with van der Waals surface area (Å²) in [5, 5.41) is 11.0. The summed E-state index contributed by atoms with van der Waals surface area (Å²) in [6.07, 6.45) is 1.44. The zero-order chi connectivity index (χ0) is 16.4. The third-order valence-corrected chi connectivity index (χ3v) is 5.29. The summed E-state index contributed by atoms with van der Waals surface area (Å²) < 4.78 is 28.7. The Kier molecular flexibility index (Phi) is 4.20. The first-order valence-corrected chi connectivity index (χ1v) is 8.51. The van der Waals surface area contributed by atoms with E-state index in [1.54, 1.807) is 24.3 Å². The number of nitrogens with one attached hydrogen (secondary N) is 1. The van der Waals surface area contributed by atoms with Gasteiger partial charge < -0.3 is 0 Å². The molecule has 0 aliphatic rings. The number of nitrogens with zero attached hydrogens (tertiary/aromatic N) is 4. The van der Waals surface area contributed by atoms with Crippen LogP contribution in [0.15, 0.2) is 53.7 Å². The monoisotopic (exact) mass is 369 g/mol. The van der Waals surface area contributed by atoms with Gasteiger partial charge in [-0.3, -0.25) is 4.72 Å². The van der Waals surface area contributed by atoms with Gasteiger partial charge in [-0.05, 0) is 46.8 Å². The molecule has 23 heavy (non-hydrogen) atoms. The Hall–Kier alpha value is -2.16. The Balaban J connectivity index is 1.87. The van der Waals surface area contributed by atoms with E-state index in [1.807, 2.05) is 0 Å². The molecule has 0 spiro atoms. The van der Waals surface area contributed by atoms with Gasteiger partial charge in [0.25, 0.3) is 10.0 Å². The predicted octanol–water partition coefficient (Wildman–Crippen LogP) is 2.77. The van der Waals surface area contributed by atoms with Crippen molar-refractivity contribution in [2.75, 3.05) is 4.72 Å². The molecule has 1 heterocycles. The molecule has 0 atom stereocenters. The Morgan fingerprint density at radius 2 is 1.78 bits per heavy atom. The fraction of sp³-hybridized carbons (Fsp3) is 0. The molecule has 0 amide bonds. The summed E-state index contributed by atoms with van der Waals surface area (Å²) in [4.78, 5) is -0.0868. The number of benzene rings is 2. The number of anilines is 1. The van der Waals surface area contributed by atoms with Gasteiger partial charge in [-0.25, -0.2) is 13.1 Å². The van der Waals surface area contributed by atoms with E-state index in [0.717, 1.165) is 0 Å². The first-order valence-electron chi connectivity index (χ1n) is 6.27. The van der Waals surface area contributed by atoms with Gasteiger partial charge in [0, 0.05) is 5.69 Å². The van der Waals surface area contributed by atoms with E-state index in [4.69, 9.17) is 23.2 Å². The molecule has 3 aromatic rings. The van der Waals surface area contributed by atoms with Crippen LogP contribution in [-0.2, 0) is 10.0 Å². The second-order valence-electron chi connectivity index (χ2n) is 4.46. The molecule has 118 valence electrons. The minimum absolute atomic E-state index is 0.0213. The molecule has 7 nitrogen and oxygen atoms in total. The highest BCUT2D eigenvalue weighted by Gasteiger charge is 2.19. The molecule has 0 saturated carbocycles. The molecular formula is C13H9Cl2N5O2S. The van der Waals surface area contributed by atoms with Crippen LogP contribution < -0.4 is 4.72 Å². The summed E-state index contributed by atoms with van der Waals surface area (Å²) in [6, 6.07) is 10.9. The van der Waals surface area contributed by atoms with Gasteiger partial charge >= 0.3 is 0 Å². The molecule has 1 aromatic heterocycles.